The third-order valence-electron chi connectivity index (χ3n) is 4.46. The molecule has 1 heterocycles. The van der Waals surface area contributed by atoms with E-state index in [1.807, 2.05) is 6.07 Å². The number of benzene rings is 2. The summed E-state index contributed by atoms with van der Waals surface area (Å²) in [4.78, 5) is 24.9. The summed E-state index contributed by atoms with van der Waals surface area (Å²) < 4.78 is 22.3. The van der Waals surface area contributed by atoms with E-state index in [9.17, 15) is 9.59 Å². The molecule has 176 valence electrons. The van der Waals surface area contributed by atoms with Crippen LogP contribution in [0.3, 0.4) is 0 Å². The molecule has 0 spiro atoms. The van der Waals surface area contributed by atoms with Crippen LogP contribution in [0.2, 0.25) is 10.0 Å². The van der Waals surface area contributed by atoms with Gasteiger partial charge in [-0.15, -0.1) is 11.3 Å². The highest BCUT2D eigenvalue weighted by molar-refractivity contribution is 7.21. The fourth-order valence-electron chi connectivity index (χ4n) is 2.92. The van der Waals surface area contributed by atoms with Crippen LogP contribution < -0.4 is 14.8 Å². The summed E-state index contributed by atoms with van der Waals surface area (Å²) in [5.41, 5.74) is 0.795. The van der Waals surface area contributed by atoms with Crippen LogP contribution in [0.4, 0.5) is 0 Å². The number of carbonyl (C=O) groups excluding carboxylic acids is 2. The van der Waals surface area contributed by atoms with Gasteiger partial charge in [-0.2, -0.15) is 0 Å². The van der Waals surface area contributed by atoms with Gasteiger partial charge in [0.05, 0.1) is 13.2 Å². The molecule has 0 saturated carbocycles. The zero-order chi connectivity index (χ0) is 23.8. The highest BCUT2D eigenvalue weighted by Gasteiger charge is 2.21. The number of rotatable bonds is 11. The lowest BCUT2D eigenvalue weighted by Gasteiger charge is -2.09. The Morgan fingerprint density at radius 3 is 2.64 bits per heavy atom. The van der Waals surface area contributed by atoms with E-state index < -0.39 is 5.97 Å². The third-order valence-corrected chi connectivity index (χ3v) is 6.18. The van der Waals surface area contributed by atoms with Crippen LogP contribution in [-0.2, 0) is 20.9 Å². The van der Waals surface area contributed by atoms with Gasteiger partial charge in [0.25, 0.3) is 5.91 Å². The van der Waals surface area contributed by atoms with Gasteiger partial charge in [0.15, 0.2) is 12.4 Å². The Hall–Kier alpha value is -2.52. The van der Waals surface area contributed by atoms with E-state index in [-0.39, 0.29) is 25.7 Å². The van der Waals surface area contributed by atoms with E-state index in [1.165, 1.54) is 11.3 Å². The van der Waals surface area contributed by atoms with Crippen LogP contribution in [0.25, 0.3) is 10.1 Å². The number of ether oxygens (including phenoxy) is 4. The average molecular weight is 512 g/mol. The van der Waals surface area contributed by atoms with E-state index in [0.29, 0.717) is 45.0 Å². The second kappa shape index (κ2) is 12.1. The molecule has 0 unspecified atom stereocenters. The first kappa shape index (κ1) is 25.1. The predicted octanol–water partition coefficient (Wildman–Crippen LogP) is 5.11. The van der Waals surface area contributed by atoms with Crippen molar-refractivity contribution >= 4 is 56.5 Å². The molecule has 3 rings (SSSR count). The van der Waals surface area contributed by atoms with Crippen molar-refractivity contribution in [3.8, 4) is 11.5 Å². The number of nitrogens with one attached hydrogen (secondary N) is 1. The van der Waals surface area contributed by atoms with Gasteiger partial charge in [0.2, 0.25) is 0 Å². The molecule has 0 atom stereocenters. The molecule has 0 saturated heterocycles. The zero-order valence-corrected chi connectivity index (χ0v) is 20.4. The smallest absolute Gasteiger partial charge is 0.344 e. The summed E-state index contributed by atoms with van der Waals surface area (Å²) in [5, 5.41) is 4.54. The molecule has 0 aliphatic carbocycles. The Morgan fingerprint density at radius 2 is 1.91 bits per heavy atom. The summed E-state index contributed by atoms with van der Waals surface area (Å²) >= 11 is 13.4. The third kappa shape index (κ3) is 6.74. The van der Waals surface area contributed by atoms with Gasteiger partial charge in [-0.1, -0.05) is 29.3 Å². The first-order valence-corrected chi connectivity index (χ1v) is 11.7. The Morgan fingerprint density at radius 1 is 1.09 bits per heavy atom. The molecule has 1 N–H and O–H groups in total. The monoisotopic (exact) mass is 511 g/mol. The van der Waals surface area contributed by atoms with Crippen molar-refractivity contribution in [2.24, 2.45) is 0 Å². The van der Waals surface area contributed by atoms with E-state index >= 15 is 0 Å². The molecular weight excluding hydrogens is 489 g/mol. The molecule has 0 aliphatic heterocycles. The fraction of sp³-hybridized carbons (Fsp3) is 0.304. The number of halogens is 2. The van der Waals surface area contributed by atoms with Gasteiger partial charge in [-0.25, -0.2) is 4.79 Å². The molecule has 0 bridgehead atoms. The van der Waals surface area contributed by atoms with Crippen molar-refractivity contribution in [1.29, 1.82) is 0 Å². The summed E-state index contributed by atoms with van der Waals surface area (Å²) in [6.45, 7) is 2.63. The SMILES string of the molecule is CCOC(=O)COc1c(C(=O)NCCOC)sc2cc(OCc3ccc(Cl)cc3Cl)ccc12. The normalized spacial score (nSPS) is 10.8. The number of hydrogen-bond acceptors (Lipinski definition) is 7. The number of fused-ring (bicyclic) bond motifs is 1. The van der Waals surface area contributed by atoms with Crippen molar-refractivity contribution < 1.29 is 28.5 Å². The minimum absolute atomic E-state index is 0.245. The van der Waals surface area contributed by atoms with Gasteiger partial charge >= 0.3 is 5.97 Å². The summed E-state index contributed by atoms with van der Waals surface area (Å²) in [6, 6.07) is 10.6. The number of amides is 1. The van der Waals surface area contributed by atoms with E-state index in [1.54, 1.807) is 44.4 Å². The van der Waals surface area contributed by atoms with Gasteiger partial charge in [0.1, 0.15) is 17.2 Å². The quantitative estimate of drug-likeness (QED) is 0.284. The van der Waals surface area contributed by atoms with Crippen LogP contribution in [0, 0.1) is 0 Å². The zero-order valence-electron chi connectivity index (χ0n) is 18.1. The Kier molecular flexibility index (Phi) is 9.20. The summed E-state index contributed by atoms with van der Waals surface area (Å²) in [7, 11) is 1.55. The van der Waals surface area contributed by atoms with Crippen molar-refractivity contribution in [1.82, 2.24) is 5.32 Å². The maximum atomic E-state index is 12.7. The molecule has 2 aromatic carbocycles. The molecule has 0 radical (unpaired) electrons. The fourth-order valence-corrected chi connectivity index (χ4v) is 4.47. The lowest BCUT2D eigenvalue weighted by molar-refractivity contribution is -0.145. The second-order valence-electron chi connectivity index (χ2n) is 6.79. The lowest BCUT2D eigenvalue weighted by Crippen LogP contribution is -2.26. The second-order valence-corrected chi connectivity index (χ2v) is 8.68. The van der Waals surface area contributed by atoms with E-state index in [2.05, 4.69) is 5.32 Å². The number of methoxy groups -OCH3 is 1. The van der Waals surface area contributed by atoms with Crippen LogP contribution >= 0.6 is 34.5 Å². The van der Waals surface area contributed by atoms with Crippen LogP contribution in [0.15, 0.2) is 36.4 Å². The van der Waals surface area contributed by atoms with Crippen LogP contribution in [0.5, 0.6) is 11.5 Å². The van der Waals surface area contributed by atoms with Gasteiger partial charge in [0, 0.05) is 39.3 Å². The molecule has 10 heteroatoms. The molecule has 1 aromatic heterocycles. The first-order chi connectivity index (χ1) is 15.9. The largest absolute Gasteiger partial charge is 0.489 e. The van der Waals surface area contributed by atoms with E-state index in [4.69, 9.17) is 42.1 Å². The minimum Gasteiger partial charge on any atom is -0.489 e. The minimum atomic E-state index is -0.512. The van der Waals surface area contributed by atoms with E-state index in [0.717, 1.165) is 10.3 Å². The van der Waals surface area contributed by atoms with Crippen LogP contribution in [0.1, 0.15) is 22.2 Å². The molecule has 0 fully saturated rings. The number of thiophene rings is 1. The standard InChI is InChI=1S/C23H23Cl2NO6S/c1-3-30-20(27)13-32-21-17-7-6-16(31-12-14-4-5-15(24)10-18(14)25)11-19(17)33-22(21)23(28)26-8-9-29-2/h4-7,10-11H,3,8-9,12-13H2,1-2H3,(H,26,28). The van der Waals surface area contributed by atoms with Crippen LogP contribution in [-0.4, -0.2) is 45.4 Å². The average Bonchev–Trinajstić information content (AvgIpc) is 3.15. The van der Waals surface area contributed by atoms with Crippen molar-refractivity contribution in [2.75, 3.05) is 33.5 Å². The highest BCUT2D eigenvalue weighted by Crippen LogP contribution is 2.40. The number of esters is 1. The predicted molar refractivity (Wildman–Crippen MR) is 129 cm³/mol. The molecular formula is C23H23Cl2NO6S. The molecule has 33 heavy (non-hydrogen) atoms. The number of hydrogen-bond donors (Lipinski definition) is 1. The maximum Gasteiger partial charge on any atom is 0.344 e. The Balaban J connectivity index is 1.83. The maximum absolute atomic E-state index is 12.7. The Labute approximate surface area is 205 Å². The summed E-state index contributed by atoms with van der Waals surface area (Å²) in [6.07, 6.45) is 0. The van der Waals surface area contributed by atoms with Gasteiger partial charge in [-0.3, -0.25) is 4.79 Å². The van der Waals surface area contributed by atoms with Crippen molar-refractivity contribution in [3.05, 3.63) is 56.9 Å². The molecule has 0 aliphatic rings. The summed E-state index contributed by atoms with van der Waals surface area (Å²) in [5.74, 6) is 0.0910. The van der Waals surface area contributed by atoms with Gasteiger partial charge < -0.3 is 24.3 Å². The molecule has 3 aromatic rings. The molecule has 7 nitrogen and oxygen atoms in total. The Bertz CT molecular complexity index is 1130. The van der Waals surface area contributed by atoms with Crippen molar-refractivity contribution in [2.45, 2.75) is 13.5 Å². The van der Waals surface area contributed by atoms with Crippen molar-refractivity contribution in [3.63, 3.8) is 0 Å². The topological polar surface area (TPSA) is 83.1 Å². The highest BCUT2D eigenvalue weighted by atomic mass is 35.5. The molecule has 1 amide bonds. The lowest BCUT2D eigenvalue weighted by atomic mass is 10.2. The van der Waals surface area contributed by atoms with Gasteiger partial charge in [-0.05, 0) is 37.3 Å². The number of carbonyl (C=O) groups is 2. The first-order valence-electron chi connectivity index (χ1n) is 10.1.